The van der Waals surface area contributed by atoms with Gasteiger partial charge in [-0.2, -0.15) is 0 Å². The van der Waals surface area contributed by atoms with Crippen LogP contribution in [0.2, 0.25) is 0 Å². The lowest BCUT2D eigenvalue weighted by molar-refractivity contribution is -0.288. The van der Waals surface area contributed by atoms with E-state index in [1.165, 1.54) is 0 Å². The van der Waals surface area contributed by atoms with Crippen molar-refractivity contribution in [3.8, 4) is 0 Å². The summed E-state index contributed by atoms with van der Waals surface area (Å²) < 4.78 is 20.3. The molecule has 4 fully saturated rings. The van der Waals surface area contributed by atoms with Crippen LogP contribution in [-0.4, -0.2) is 62.3 Å². The van der Waals surface area contributed by atoms with E-state index in [4.69, 9.17) is 14.2 Å². The number of rotatable bonds is 10. The molecule has 6 heteroatoms. The van der Waals surface area contributed by atoms with Crippen molar-refractivity contribution in [1.82, 2.24) is 5.32 Å². The first kappa shape index (κ1) is 35.4. The highest BCUT2D eigenvalue weighted by molar-refractivity contribution is 5.73. The molecule has 5 aliphatic rings. The number of carboxylic acid groups (broad SMARTS) is 1. The summed E-state index contributed by atoms with van der Waals surface area (Å²) in [4.78, 5) is 13.4. The average molecular weight is 630 g/mol. The molecule has 2 bridgehead atoms. The lowest BCUT2D eigenvalue weighted by Crippen LogP contribution is -2.72. The zero-order chi connectivity index (χ0) is 33.4. The minimum absolute atomic E-state index is 0.0186. The average Bonchev–Trinajstić information content (AvgIpc) is 3.00. The topological polar surface area (TPSA) is 77.0 Å². The molecule has 0 radical (unpaired) electrons. The predicted molar refractivity (Wildman–Crippen MR) is 181 cm³/mol. The van der Waals surface area contributed by atoms with Crippen molar-refractivity contribution in [2.24, 2.45) is 56.7 Å². The molecule has 4 aliphatic carbocycles. The van der Waals surface area contributed by atoms with Crippen LogP contribution in [0.25, 0.3) is 0 Å². The third-order valence-corrected chi connectivity index (χ3v) is 16.3. The fraction of sp³-hybridized carbons (Fsp3) is 0.923. The molecule has 2 N–H and O–H groups in total. The molecule has 0 unspecified atom stereocenters. The number of likely N-dealkylation sites (N-methyl/N-ethyl adjacent to an activating group) is 1. The number of nitrogens with one attached hydrogen (secondary N) is 1. The van der Waals surface area contributed by atoms with E-state index in [-0.39, 0.29) is 56.8 Å². The Kier molecular flexibility index (Phi) is 9.33. The summed E-state index contributed by atoms with van der Waals surface area (Å²) in [6, 6.07) is 0. The van der Waals surface area contributed by atoms with Gasteiger partial charge in [0.1, 0.15) is 0 Å². The van der Waals surface area contributed by atoms with Crippen LogP contribution in [0.5, 0.6) is 0 Å². The highest BCUT2D eigenvalue weighted by Crippen LogP contribution is 2.75. The fourth-order valence-corrected chi connectivity index (χ4v) is 12.5. The van der Waals surface area contributed by atoms with Crippen molar-refractivity contribution in [2.45, 2.75) is 144 Å². The van der Waals surface area contributed by atoms with E-state index in [0.717, 1.165) is 51.4 Å². The van der Waals surface area contributed by atoms with Gasteiger partial charge in [0, 0.05) is 23.5 Å². The van der Waals surface area contributed by atoms with Gasteiger partial charge in [0.2, 0.25) is 0 Å². The summed E-state index contributed by atoms with van der Waals surface area (Å²) in [5, 5.41) is 14.6. The molecule has 0 aromatic rings. The summed E-state index contributed by atoms with van der Waals surface area (Å²) in [5.41, 5.74) is 0.597. The molecule has 0 amide bonds. The normalized spacial score (nSPS) is 46.9. The SMILES string of the molecule is CCC(CC)(CO[C@H]1[C@H](OC)C[C@]23C4=CC[C@@]5(C)[C@H](C(=O)O)[C@@](C)([C@H](C)C(C)C)CC[C@]5(C)[C@H]4CC[C@H]2[C@@]1(C)CO[C@H]3C)NC. The third-order valence-electron chi connectivity index (χ3n) is 16.3. The maximum atomic E-state index is 13.4. The standard InChI is InChI=1S/C39H67NO5/c1-13-38(14-2,40-11)23-45-32-29(43-12)21-39-26(6)44-22-35(32,8)30(39)16-15-27-28(39)17-18-37(10)31(33(41)42)34(7,25(5)24(3)4)19-20-36(27,37)9/h17,24-27,29-32,40H,13-16,18-23H2,1-12H3,(H,41,42)/t25-,26+,27+,29-,30+,31-,32+,34-,35-,36-,37+,39+/m1/s1. The first-order valence-electron chi connectivity index (χ1n) is 18.4. The second kappa shape index (κ2) is 11.9. The second-order valence-corrected chi connectivity index (χ2v) is 17.6. The summed E-state index contributed by atoms with van der Waals surface area (Å²) in [6.45, 7) is 24.5. The zero-order valence-corrected chi connectivity index (χ0v) is 30.8. The van der Waals surface area contributed by atoms with Gasteiger partial charge in [0.15, 0.2) is 0 Å². The molecular formula is C39H67NO5. The van der Waals surface area contributed by atoms with E-state index in [9.17, 15) is 9.90 Å². The molecule has 0 spiro atoms. The number of allylic oxidation sites excluding steroid dienone is 1. The van der Waals surface area contributed by atoms with Crippen molar-refractivity contribution < 1.29 is 24.1 Å². The van der Waals surface area contributed by atoms with Gasteiger partial charge in [-0.05, 0) is 105 Å². The first-order valence-corrected chi connectivity index (χ1v) is 18.4. The number of aliphatic carboxylic acids is 1. The Morgan fingerprint density at radius 3 is 2.33 bits per heavy atom. The second-order valence-electron chi connectivity index (χ2n) is 17.6. The predicted octanol–water partition coefficient (Wildman–Crippen LogP) is 8.14. The number of methoxy groups -OCH3 is 1. The number of carboxylic acids is 1. The molecule has 12 atom stereocenters. The van der Waals surface area contributed by atoms with Crippen LogP contribution in [0.4, 0.5) is 0 Å². The smallest absolute Gasteiger partial charge is 0.307 e. The number of fused-ring (bicyclic) bond motifs is 3. The quantitative estimate of drug-likeness (QED) is 0.238. The molecular weight excluding hydrogens is 562 g/mol. The number of hydrogen-bond donors (Lipinski definition) is 2. The summed E-state index contributed by atoms with van der Waals surface area (Å²) in [5.74, 6) is 0.611. The van der Waals surface area contributed by atoms with E-state index >= 15 is 0 Å². The monoisotopic (exact) mass is 630 g/mol. The Morgan fingerprint density at radius 1 is 1.11 bits per heavy atom. The van der Waals surface area contributed by atoms with Crippen molar-refractivity contribution in [2.75, 3.05) is 27.4 Å². The first-order chi connectivity index (χ1) is 21.0. The lowest BCUT2D eigenvalue weighted by Gasteiger charge is -2.72. The molecule has 1 saturated heterocycles. The minimum atomic E-state index is -0.599. The van der Waals surface area contributed by atoms with Crippen LogP contribution in [0.3, 0.4) is 0 Å². The molecule has 1 aliphatic heterocycles. The molecule has 0 aromatic carbocycles. The van der Waals surface area contributed by atoms with E-state index in [2.05, 4.69) is 87.7 Å². The van der Waals surface area contributed by atoms with Crippen LogP contribution >= 0.6 is 0 Å². The van der Waals surface area contributed by atoms with Gasteiger partial charge in [0.25, 0.3) is 0 Å². The fourth-order valence-electron chi connectivity index (χ4n) is 12.5. The molecule has 6 nitrogen and oxygen atoms in total. The van der Waals surface area contributed by atoms with Crippen molar-refractivity contribution in [3.05, 3.63) is 11.6 Å². The van der Waals surface area contributed by atoms with E-state index in [1.807, 2.05) is 7.11 Å². The Balaban J connectivity index is 1.57. The van der Waals surface area contributed by atoms with Crippen LogP contribution in [-0.2, 0) is 19.0 Å². The van der Waals surface area contributed by atoms with Crippen molar-refractivity contribution in [1.29, 1.82) is 0 Å². The number of carbonyl (C=O) groups is 1. The maximum absolute atomic E-state index is 13.4. The Bertz CT molecular complexity index is 1140. The summed E-state index contributed by atoms with van der Waals surface area (Å²) >= 11 is 0. The Labute approximate surface area is 275 Å². The highest BCUT2D eigenvalue weighted by Gasteiger charge is 2.73. The van der Waals surface area contributed by atoms with Gasteiger partial charge in [-0.25, -0.2) is 0 Å². The number of hydrogen-bond acceptors (Lipinski definition) is 5. The lowest BCUT2D eigenvalue weighted by atomic mass is 9.34. The van der Waals surface area contributed by atoms with Crippen LogP contribution in [0.1, 0.15) is 121 Å². The summed E-state index contributed by atoms with van der Waals surface area (Å²) in [6.07, 6.45) is 10.6. The molecule has 258 valence electrons. The molecule has 1 heterocycles. The van der Waals surface area contributed by atoms with E-state index < -0.39 is 5.97 Å². The highest BCUT2D eigenvalue weighted by atomic mass is 16.5. The largest absolute Gasteiger partial charge is 0.481 e. The van der Waals surface area contributed by atoms with E-state index in [0.29, 0.717) is 36.9 Å². The van der Waals surface area contributed by atoms with Crippen LogP contribution in [0.15, 0.2) is 11.6 Å². The zero-order valence-electron chi connectivity index (χ0n) is 30.8. The third kappa shape index (κ3) is 4.71. The van der Waals surface area contributed by atoms with Gasteiger partial charge >= 0.3 is 5.97 Å². The Morgan fingerprint density at radius 2 is 1.78 bits per heavy atom. The van der Waals surface area contributed by atoms with Gasteiger partial charge in [-0.3, -0.25) is 4.79 Å². The van der Waals surface area contributed by atoms with Gasteiger partial charge in [0.05, 0.1) is 37.4 Å². The Hall–Kier alpha value is -0.950. The molecule has 0 aromatic heterocycles. The van der Waals surface area contributed by atoms with Crippen LogP contribution in [0, 0.1) is 56.7 Å². The molecule has 5 rings (SSSR count). The molecule has 45 heavy (non-hydrogen) atoms. The summed E-state index contributed by atoms with van der Waals surface area (Å²) in [7, 11) is 3.93. The van der Waals surface area contributed by atoms with Gasteiger partial charge in [-0.1, -0.05) is 74.0 Å². The van der Waals surface area contributed by atoms with Gasteiger partial charge < -0.3 is 24.6 Å². The van der Waals surface area contributed by atoms with Crippen LogP contribution < -0.4 is 5.32 Å². The minimum Gasteiger partial charge on any atom is -0.481 e. The van der Waals surface area contributed by atoms with Crippen molar-refractivity contribution >= 4 is 5.97 Å². The maximum Gasteiger partial charge on any atom is 0.307 e. The van der Waals surface area contributed by atoms with Crippen molar-refractivity contribution in [3.63, 3.8) is 0 Å². The molecule has 3 saturated carbocycles. The van der Waals surface area contributed by atoms with Gasteiger partial charge in [-0.15, -0.1) is 0 Å². The number of ether oxygens (including phenoxy) is 3. The van der Waals surface area contributed by atoms with E-state index in [1.54, 1.807) is 5.57 Å².